The van der Waals surface area contributed by atoms with E-state index in [0.717, 1.165) is 98.6 Å². The summed E-state index contributed by atoms with van der Waals surface area (Å²) in [7, 11) is 1.82. The predicted octanol–water partition coefficient (Wildman–Crippen LogP) is 5.00. The molecule has 7 rings (SSSR count). The number of morpholine rings is 1. The zero-order valence-electron chi connectivity index (χ0n) is 23.5. The number of thiophene rings is 1. The van der Waals surface area contributed by atoms with Gasteiger partial charge in [-0.15, -0.1) is 11.3 Å². The number of nitrogens with one attached hydrogen (secondary N) is 1. The summed E-state index contributed by atoms with van der Waals surface area (Å²) in [5, 5.41) is 1.16. The topological polar surface area (TPSA) is 69.8 Å². The maximum Gasteiger partial charge on any atom is 0.162 e. The smallest absolute Gasteiger partial charge is 0.162 e. The molecule has 9 heteroatoms. The van der Waals surface area contributed by atoms with E-state index in [0.29, 0.717) is 6.04 Å². The minimum Gasteiger partial charge on any atom is -0.383 e. The second kappa shape index (κ2) is 11.7. The fraction of sp³-hybridized carbons (Fsp3) is 0.548. The van der Waals surface area contributed by atoms with Crippen molar-refractivity contribution in [2.24, 2.45) is 5.92 Å². The number of nitrogens with zero attached hydrogens (tertiary/aromatic N) is 5. The minimum atomic E-state index is 0.687. The van der Waals surface area contributed by atoms with Gasteiger partial charge in [-0.05, 0) is 49.8 Å². The van der Waals surface area contributed by atoms with Gasteiger partial charge in [0, 0.05) is 86.5 Å². The summed E-state index contributed by atoms with van der Waals surface area (Å²) in [6.45, 7) is 9.64. The third kappa shape index (κ3) is 5.63. The number of fused-ring (bicyclic) bond motifs is 2. The quantitative estimate of drug-likeness (QED) is 0.293. The molecule has 1 N–H and O–H groups in total. The van der Waals surface area contributed by atoms with Gasteiger partial charge in [-0.1, -0.05) is 12.1 Å². The van der Waals surface area contributed by atoms with Crippen molar-refractivity contribution in [3.05, 3.63) is 41.4 Å². The van der Waals surface area contributed by atoms with Gasteiger partial charge in [-0.3, -0.25) is 9.80 Å². The molecule has 2 saturated heterocycles. The Hall–Kier alpha value is -2.56. The molecule has 3 fully saturated rings. The van der Waals surface area contributed by atoms with Crippen LogP contribution in [0.5, 0.6) is 0 Å². The number of hydrogen-bond donors (Lipinski definition) is 1. The summed E-state index contributed by atoms with van der Waals surface area (Å²) in [5.74, 6) is 2.78. The SMILES string of the molecule is COCCN(CC1CC1)C1CCN(Cc2cc3nc(-c4cccc5[nH]ccc45)nc(N4CCOCC4)c3s2)CC1. The number of methoxy groups -OCH3 is 1. The fourth-order valence-corrected chi connectivity index (χ4v) is 7.51. The Labute approximate surface area is 240 Å². The number of piperidine rings is 1. The Kier molecular flexibility index (Phi) is 7.73. The molecule has 0 amide bonds. The summed E-state index contributed by atoms with van der Waals surface area (Å²) in [4.78, 5) is 22.8. The van der Waals surface area contributed by atoms with Gasteiger partial charge in [-0.2, -0.15) is 0 Å². The monoisotopic (exact) mass is 560 g/mol. The van der Waals surface area contributed by atoms with E-state index >= 15 is 0 Å². The van der Waals surface area contributed by atoms with Gasteiger partial charge >= 0.3 is 0 Å². The summed E-state index contributed by atoms with van der Waals surface area (Å²) >= 11 is 1.87. The predicted molar refractivity (Wildman–Crippen MR) is 162 cm³/mol. The van der Waals surface area contributed by atoms with Gasteiger partial charge in [0.05, 0.1) is 30.0 Å². The molecule has 0 bridgehead atoms. The fourth-order valence-electron chi connectivity index (χ4n) is 6.36. The largest absolute Gasteiger partial charge is 0.383 e. The number of likely N-dealkylation sites (tertiary alicyclic amines) is 1. The van der Waals surface area contributed by atoms with Gasteiger partial charge in [0.15, 0.2) is 11.6 Å². The van der Waals surface area contributed by atoms with E-state index in [1.807, 2.05) is 24.6 Å². The molecular formula is C31H40N6O2S. The molecule has 8 nitrogen and oxygen atoms in total. The summed E-state index contributed by atoms with van der Waals surface area (Å²) in [6, 6.07) is 11.4. The van der Waals surface area contributed by atoms with Crippen LogP contribution >= 0.6 is 11.3 Å². The van der Waals surface area contributed by atoms with Gasteiger partial charge in [0.2, 0.25) is 0 Å². The Morgan fingerprint density at radius 3 is 2.73 bits per heavy atom. The van der Waals surface area contributed by atoms with Crippen LogP contribution in [-0.2, 0) is 16.0 Å². The van der Waals surface area contributed by atoms with Crippen molar-refractivity contribution in [1.29, 1.82) is 0 Å². The highest BCUT2D eigenvalue weighted by Gasteiger charge is 2.30. The number of ether oxygens (including phenoxy) is 2. The Morgan fingerprint density at radius 2 is 1.93 bits per heavy atom. The normalized spacial score (nSPS) is 19.4. The molecule has 40 heavy (non-hydrogen) atoms. The lowest BCUT2D eigenvalue weighted by molar-refractivity contribution is 0.0738. The van der Waals surface area contributed by atoms with Crippen LogP contribution in [0.2, 0.25) is 0 Å². The number of benzene rings is 1. The van der Waals surface area contributed by atoms with Crippen molar-refractivity contribution in [1.82, 2.24) is 24.8 Å². The standard InChI is InChI=1S/C31H40N6O2S/c1-38-16-13-37(20-22-5-6-22)23-8-11-35(12-9-23)21-24-19-28-29(40-24)31(36-14-17-39-18-15-36)34-30(33-28)26-3-2-4-27-25(26)7-10-32-27/h2-4,7,10,19,22-23,32H,5-6,8-9,11-18,20-21H2,1H3. The maximum absolute atomic E-state index is 5.67. The van der Waals surface area contributed by atoms with Crippen molar-refractivity contribution >= 4 is 38.3 Å². The van der Waals surface area contributed by atoms with Crippen LogP contribution in [0.4, 0.5) is 5.82 Å². The van der Waals surface area contributed by atoms with Crippen molar-refractivity contribution in [2.45, 2.75) is 38.3 Å². The van der Waals surface area contributed by atoms with E-state index in [1.165, 1.54) is 41.8 Å². The van der Waals surface area contributed by atoms with Crippen molar-refractivity contribution < 1.29 is 9.47 Å². The second-order valence-electron chi connectivity index (χ2n) is 11.6. The third-order valence-electron chi connectivity index (χ3n) is 8.78. The van der Waals surface area contributed by atoms with Gasteiger partial charge in [0.25, 0.3) is 0 Å². The maximum atomic E-state index is 5.67. The van der Waals surface area contributed by atoms with Crippen LogP contribution in [0.25, 0.3) is 32.5 Å². The molecule has 0 unspecified atom stereocenters. The number of hydrogen-bond acceptors (Lipinski definition) is 8. The number of H-pyrrole nitrogens is 1. The number of anilines is 1. The molecule has 2 aliphatic heterocycles. The molecule has 3 aliphatic rings. The Balaban J connectivity index is 1.12. The number of aromatic nitrogens is 3. The first-order chi connectivity index (χ1) is 19.7. The highest BCUT2D eigenvalue weighted by molar-refractivity contribution is 7.19. The second-order valence-corrected chi connectivity index (χ2v) is 12.7. The van der Waals surface area contributed by atoms with Gasteiger partial charge in [-0.25, -0.2) is 9.97 Å². The van der Waals surface area contributed by atoms with Gasteiger partial charge in [0.1, 0.15) is 0 Å². The van der Waals surface area contributed by atoms with Crippen molar-refractivity contribution in [3.63, 3.8) is 0 Å². The van der Waals surface area contributed by atoms with Gasteiger partial charge < -0.3 is 19.4 Å². The molecule has 0 radical (unpaired) electrons. The third-order valence-corrected chi connectivity index (χ3v) is 9.88. The van der Waals surface area contributed by atoms with Crippen LogP contribution in [0.3, 0.4) is 0 Å². The Bertz CT molecular complexity index is 1430. The van der Waals surface area contributed by atoms with Crippen LogP contribution in [0.15, 0.2) is 36.5 Å². The first-order valence-corrected chi connectivity index (χ1v) is 15.7. The lowest BCUT2D eigenvalue weighted by Crippen LogP contribution is -2.46. The van der Waals surface area contributed by atoms with Crippen LogP contribution in [-0.4, -0.2) is 97.0 Å². The molecule has 5 heterocycles. The molecule has 1 aliphatic carbocycles. The number of rotatable bonds is 10. The Morgan fingerprint density at radius 1 is 1.07 bits per heavy atom. The molecule has 212 valence electrons. The van der Waals surface area contributed by atoms with Crippen molar-refractivity contribution in [3.8, 4) is 11.4 Å². The average molecular weight is 561 g/mol. The van der Waals surface area contributed by atoms with E-state index in [9.17, 15) is 0 Å². The minimum absolute atomic E-state index is 0.687. The van der Waals surface area contributed by atoms with E-state index in [1.54, 1.807) is 0 Å². The van der Waals surface area contributed by atoms with Crippen LogP contribution < -0.4 is 4.90 Å². The zero-order valence-corrected chi connectivity index (χ0v) is 24.3. The summed E-state index contributed by atoms with van der Waals surface area (Å²) in [6.07, 6.45) is 7.29. The molecule has 0 atom stereocenters. The van der Waals surface area contributed by atoms with E-state index < -0.39 is 0 Å². The van der Waals surface area contributed by atoms with Crippen molar-refractivity contribution in [2.75, 3.05) is 71.1 Å². The van der Waals surface area contributed by atoms with Crippen LogP contribution in [0.1, 0.15) is 30.6 Å². The first kappa shape index (κ1) is 26.3. The molecule has 0 spiro atoms. The first-order valence-electron chi connectivity index (χ1n) is 14.9. The summed E-state index contributed by atoms with van der Waals surface area (Å²) in [5.41, 5.74) is 3.25. The van der Waals surface area contributed by atoms with E-state index in [-0.39, 0.29) is 0 Å². The lowest BCUT2D eigenvalue weighted by atomic mass is 10.0. The zero-order chi connectivity index (χ0) is 26.9. The average Bonchev–Trinajstić information content (AvgIpc) is 3.51. The number of aromatic amines is 1. The molecule has 1 saturated carbocycles. The summed E-state index contributed by atoms with van der Waals surface area (Å²) < 4.78 is 12.3. The highest BCUT2D eigenvalue weighted by Crippen LogP contribution is 2.37. The molecule has 4 aromatic rings. The highest BCUT2D eigenvalue weighted by atomic mass is 32.1. The molecule has 1 aromatic carbocycles. The lowest BCUT2D eigenvalue weighted by Gasteiger charge is -2.38. The molecular weight excluding hydrogens is 520 g/mol. The van der Waals surface area contributed by atoms with E-state index in [4.69, 9.17) is 19.4 Å². The molecule has 3 aromatic heterocycles. The van der Waals surface area contributed by atoms with E-state index in [2.05, 4.69) is 50.0 Å². The van der Waals surface area contributed by atoms with Crippen LogP contribution in [0, 0.1) is 5.92 Å².